The third-order valence-electron chi connectivity index (χ3n) is 2.74. The van der Waals surface area contributed by atoms with Gasteiger partial charge < -0.3 is 10.2 Å². The van der Waals surface area contributed by atoms with Gasteiger partial charge in [0, 0.05) is 25.7 Å². The Balaban J connectivity index is 2.97. The van der Waals surface area contributed by atoms with Crippen molar-refractivity contribution in [2.45, 2.75) is 25.7 Å². The van der Waals surface area contributed by atoms with E-state index in [4.69, 9.17) is 0 Å². The minimum absolute atomic E-state index is 0.0887. The van der Waals surface area contributed by atoms with Crippen LogP contribution in [0.15, 0.2) is 29.2 Å². The monoisotopic (exact) mass is 313 g/mol. The molecular formula is C13H19N3O4S. The SMILES string of the molecule is CCN(CC)C(=O)NS(=O)(=O)c1cccc(NC(C)=O)c1. The third-order valence-corrected chi connectivity index (χ3v) is 4.05. The third kappa shape index (κ3) is 4.75. The number of sulfonamides is 1. The molecule has 0 atom stereocenters. The minimum atomic E-state index is -3.98. The molecule has 116 valence electrons. The minimum Gasteiger partial charge on any atom is -0.326 e. The summed E-state index contributed by atoms with van der Waals surface area (Å²) in [5, 5.41) is 2.49. The molecule has 0 aliphatic rings. The number of anilines is 1. The number of nitrogens with one attached hydrogen (secondary N) is 2. The van der Waals surface area contributed by atoms with Gasteiger partial charge in [-0.2, -0.15) is 0 Å². The Kier molecular flexibility index (Phi) is 5.71. The Morgan fingerprint density at radius 2 is 1.81 bits per heavy atom. The van der Waals surface area contributed by atoms with Gasteiger partial charge in [-0.05, 0) is 32.0 Å². The molecule has 8 heteroatoms. The van der Waals surface area contributed by atoms with Gasteiger partial charge in [-0.25, -0.2) is 17.9 Å². The normalized spacial score (nSPS) is 10.8. The molecular weight excluding hydrogens is 294 g/mol. The van der Waals surface area contributed by atoms with E-state index in [2.05, 4.69) is 5.32 Å². The molecule has 3 amide bonds. The summed E-state index contributed by atoms with van der Waals surface area (Å²) >= 11 is 0. The van der Waals surface area contributed by atoms with Gasteiger partial charge in [0.25, 0.3) is 10.0 Å². The second-order valence-corrected chi connectivity index (χ2v) is 5.97. The van der Waals surface area contributed by atoms with E-state index in [1.54, 1.807) is 19.9 Å². The average Bonchev–Trinajstić information content (AvgIpc) is 2.39. The van der Waals surface area contributed by atoms with Crippen molar-refractivity contribution in [3.05, 3.63) is 24.3 Å². The molecule has 0 fully saturated rings. The molecule has 0 aromatic heterocycles. The molecule has 0 aliphatic heterocycles. The van der Waals surface area contributed by atoms with Crippen LogP contribution in [-0.2, 0) is 14.8 Å². The molecule has 0 heterocycles. The first kappa shape index (κ1) is 17.0. The van der Waals surface area contributed by atoms with Gasteiger partial charge in [0.1, 0.15) is 0 Å². The Morgan fingerprint density at radius 1 is 1.19 bits per heavy atom. The number of hydrogen-bond donors (Lipinski definition) is 2. The fourth-order valence-corrected chi connectivity index (χ4v) is 2.71. The molecule has 7 nitrogen and oxygen atoms in total. The summed E-state index contributed by atoms with van der Waals surface area (Å²) < 4.78 is 26.3. The maximum Gasteiger partial charge on any atom is 0.331 e. The van der Waals surface area contributed by atoms with Crippen LogP contribution in [0.2, 0.25) is 0 Å². The molecule has 0 radical (unpaired) electrons. The fourth-order valence-electron chi connectivity index (χ4n) is 1.69. The predicted octanol–water partition coefficient (Wildman–Crippen LogP) is 1.39. The number of amides is 3. The molecule has 0 saturated carbocycles. The number of urea groups is 1. The van der Waals surface area contributed by atoms with E-state index >= 15 is 0 Å². The molecule has 1 aromatic rings. The van der Waals surface area contributed by atoms with Gasteiger partial charge in [0.2, 0.25) is 5.91 Å². The molecule has 21 heavy (non-hydrogen) atoms. The molecule has 2 N–H and O–H groups in total. The zero-order chi connectivity index (χ0) is 16.0. The number of carbonyl (C=O) groups is 2. The zero-order valence-corrected chi connectivity index (χ0v) is 13.0. The van der Waals surface area contributed by atoms with E-state index in [9.17, 15) is 18.0 Å². The number of carbonyl (C=O) groups excluding carboxylic acids is 2. The highest BCUT2D eigenvalue weighted by Crippen LogP contribution is 2.15. The van der Waals surface area contributed by atoms with E-state index in [1.807, 2.05) is 4.72 Å². The van der Waals surface area contributed by atoms with Gasteiger partial charge in [-0.3, -0.25) is 4.79 Å². The van der Waals surface area contributed by atoms with Crippen molar-refractivity contribution < 1.29 is 18.0 Å². The van der Waals surface area contributed by atoms with Crippen molar-refractivity contribution in [2.75, 3.05) is 18.4 Å². The van der Waals surface area contributed by atoms with E-state index in [0.29, 0.717) is 18.8 Å². The standard InChI is InChI=1S/C13H19N3O4S/c1-4-16(5-2)13(18)15-21(19,20)12-8-6-7-11(9-12)14-10(3)17/h6-9H,4-5H2,1-3H3,(H,14,17)(H,15,18). The Morgan fingerprint density at radius 3 is 2.33 bits per heavy atom. The topological polar surface area (TPSA) is 95.6 Å². The van der Waals surface area contributed by atoms with Crippen molar-refractivity contribution >= 4 is 27.6 Å². The lowest BCUT2D eigenvalue weighted by Crippen LogP contribution is -2.42. The number of nitrogens with zero attached hydrogens (tertiary/aromatic N) is 1. The van der Waals surface area contributed by atoms with Crippen LogP contribution in [0, 0.1) is 0 Å². The summed E-state index contributed by atoms with van der Waals surface area (Å²) in [7, 11) is -3.98. The van der Waals surface area contributed by atoms with Crippen molar-refractivity contribution in [1.82, 2.24) is 9.62 Å². The first-order valence-electron chi connectivity index (χ1n) is 6.49. The molecule has 0 bridgehead atoms. The van der Waals surface area contributed by atoms with Crippen LogP contribution >= 0.6 is 0 Å². The summed E-state index contributed by atoms with van der Waals surface area (Å²) in [6.07, 6.45) is 0. The average molecular weight is 313 g/mol. The molecule has 0 unspecified atom stereocenters. The molecule has 0 saturated heterocycles. The van der Waals surface area contributed by atoms with E-state index < -0.39 is 16.1 Å². The van der Waals surface area contributed by atoms with Gasteiger partial charge in [-0.15, -0.1) is 0 Å². The maximum absolute atomic E-state index is 12.1. The lowest BCUT2D eigenvalue weighted by molar-refractivity contribution is -0.114. The summed E-state index contributed by atoms with van der Waals surface area (Å²) in [4.78, 5) is 24.1. The van der Waals surface area contributed by atoms with Crippen LogP contribution < -0.4 is 10.0 Å². The van der Waals surface area contributed by atoms with Gasteiger partial charge in [0.15, 0.2) is 0 Å². The van der Waals surface area contributed by atoms with Crippen LogP contribution in [0.4, 0.5) is 10.5 Å². The fraction of sp³-hybridized carbons (Fsp3) is 0.385. The maximum atomic E-state index is 12.1. The van der Waals surface area contributed by atoms with Crippen LogP contribution in [-0.4, -0.2) is 38.3 Å². The highest BCUT2D eigenvalue weighted by molar-refractivity contribution is 7.90. The number of benzene rings is 1. The van der Waals surface area contributed by atoms with Crippen molar-refractivity contribution in [3.63, 3.8) is 0 Å². The summed E-state index contributed by atoms with van der Waals surface area (Å²) in [5.41, 5.74) is 0.348. The quantitative estimate of drug-likeness (QED) is 0.858. The van der Waals surface area contributed by atoms with Gasteiger partial charge in [0.05, 0.1) is 4.90 Å². The molecule has 0 spiro atoms. The second-order valence-electron chi connectivity index (χ2n) is 4.29. The van der Waals surface area contributed by atoms with E-state index in [-0.39, 0.29) is 10.8 Å². The Bertz CT molecular complexity index is 624. The summed E-state index contributed by atoms with van der Waals surface area (Å²) in [5.74, 6) is -0.309. The van der Waals surface area contributed by atoms with Crippen molar-refractivity contribution in [2.24, 2.45) is 0 Å². The van der Waals surface area contributed by atoms with E-state index in [1.165, 1.54) is 30.0 Å². The van der Waals surface area contributed by atoms with Crippen molar-refractivity contribution in [1.29, 1.82) is 0 Å². The van der Waals surface area contributed by atoms with Crippen molar-refractivity contribution in [3.8, 4) is 0 Å². The van der Waals surface area contributed by atoms with E-state index in [0.717, 1.165) is 0 Å². The largest absolute Gasteiger partial charge is 0.331 e. The van der Waals surface area contributed by atoms with Crippen LogP contribution in [0.25, 0.3) is 0 Å². The first-order chi connectivity index (χ1) is 9.80. The number of rotatable bonds is 5. The smallest absolute Gasteiger partial charge is 0.326 e. The van der Waals surface area contributed by atoms with Crippen LogP contribution in [0.5, 0.6) is 0 Å². The Labute approximate surface area is 124 Å². The predicted molar refractivity (Wildman–Crippen MR) is 79.4 cm³/mol. The first-order valence-corrected chi connectivity index (χ1v) is 7.97. The zero-order valence-electron chi connectivity index (χ0n) is 12.2. The van der Waals surface area contributed by atoms with Gasteiger partial charge in [-0.1, -0.05) is 6.07 Å². The highest BCUT2D eigenvalue weighted by atomic mass is 32.2. The molecule has 1 aromatic carbocycles. The molecule has 1 rings (SSSR count). The molecule has 0 aliphatic carbocycles. The van der Waals surface area contributed by atoms with Gasteiger partial charge >= 0.3 is 6.03 Å². The lowest BCUT2D eigenvalue weighted by atomic mass is 10.3. The van der Waals surface area contributed by atoms with Crippen LogP contribution in [0.1, 0.15) is 20.8 Å². The van der Waals surface area contributed by atoms with Crippen LogP contribution in [0.3, 0.4) is 0 Å². The number of hydrogen-bond acceptors (Lipinski definition) is 4. The summed E-state index contributed by atoms with van der Waals surface area (Å²) in [6.45, 7) is 5.65. The highest BCUT2D eigenvalue weighted by Gasteiger charge is 2.20. The second kappa shape index (κ2) is 7.07. The summed E-state index contributed by atoms with van der Waals surface area (Å²) in [6, 6.07) is 5.02. The Hall–Kier alpha value is -2.09. The lowest BCUT2D eigenvalue weighted by Gasteiger charge is -2.19.